The molecule has 0 nitrogen and oxygen atoms in total. The Morgan fingerprint density at radius 1 is 1.00 bits per heavy atom. The summed E-state index contributed by atoms with van der Waals surface area (Å²) >= 11 is 0. The summed E-state index contributed by atoms with van der Waals surface area (Å²) in [5, 5.41) is 0. The maximum absolute atomic E-state index is 3.25. The fraction of sp³-hybridized carbons (Fsp3) is 0.500. The molecular weight excluding hydrogens is 230 g/mol. The smallest absolute Gasteiger partial charge is 0 e. The second-order valence-corrected chi connectivity index (χ2v) is 0. The SMILES string of the molecule is [CH2-]C.[Rh].[Rh]. The number of rotatable bonds is 0. The molecule has 0 aromatic carbocycles. The van der Waals surface area contributed by atoms with Crippen LogP contribution >= 0.6 is 0 Å². The van der Waals surface area contributed by atoms with Crippen LogP contribution in [0.5, 0.6) is 0 Å². The quantitative estimate of drug-likeness (QED) is 0.431. The summed E-state index contributed by atoms with van der Waals surface area (Å²) in [7, 11) is 0. The topological polar surface area (TPSA) is 0 Å². The fourth-order valence-electron chi connectivity index (χ4n) is 0. The van der Waals surface area contributed by atoms with Gasteiger partial charge < -0.3 is 6.92 Å². The Bertz CT molecular complexity index is 4.00. The molecule has 0 aliphatic heterocycles. The van der Waals surface area contributed by atoms with Crippen LogP contribution in [0.3, 0.4) is 0 Å². The van der Waals surface area contributed by atoms with Crippen molar-refractivity contribution in [1.29, 1.82) is 0 Å². The standard InChI is InChI=1S/C2H5.2Rh/c1-2;;/h1H2,2H3;;/q-1;;. The van der Waals surface area contributed by atoms with Gasteiger partial charge >= 0.3 is 0 Å². The Labute approximate surface area is 52.9 Å². The van der Waals surface area contributed by atoms with E-state index in [2.05, 4.69) is 6.92 Å². The molecule has 0 N–H and O–H groups in total. The van der Waals surface area contributed by atoms with E-state index in [-0.39, 0.29) is 39.0 Å². The molecule has 0 aliphatic rings. The van der Waals surface area contributed by atoms with Gasteiger partial charge in [-0.25, -0.2) is 0 Å². The molecule has 4 heavy (non-hydrogen) atoms. The van der Waals surface area contributed by atoms with Gasteiger partial charge in [-0.2, -0.15) is 6.92 Å². The molecule has 0 rings (SSSR count). The predicted octanol–water partition coefficient (Wildman–Crippen LogP) is 0.835. The van der Waals surface area contributed by atoms with Gasteiger partial charge in [0.1, 0.15) is 0 Å². The molecule has 0 saturated carbocycles. The summed E-state index contributed by atoms with van der Waals surface area (Å²) in [4.78, 5) is 0. The van der Waals surface area contributed by atoms with Crippen LogP contribution in [0.2, 0.25) is 0 Å². The Morgan fingerprint density at radius 2 is 1.00 bits per heavy atom. The summed E-state index contributed by atoms with van der Waals surface area (Å²) in [5.74, 6) is 0. The summed E-state index contributed by atoms with van der Waals surface area (Å²) < 4.78 is 0. The van der Waals surface area contributed by atoms with Crippen molar-refractivity contribution in [2.45, 2.75) is 6.92 Å². The van der Waals surface area contributed by atoms with Crippen molar-refractivity contribution >= 4 is 0 Å². The van der Waals surface area contributed by atoms with Crippen LogP contribution < -0.4 is 0 Å². The molecule has 0 bridgehead atoms. The van der Waals surface area contributed by atoms with Gasteiger partial charge in [-0.15, -0.1) is 0 Å². The van der Waals surface area contributed by atoms with Gasteiger partial charge in [0.25, 0.3) is 0 Å². The maximum atomic E-state index is 3.25. The Hall–Kier alpha value is 1.25. The normalized spacial score (nSPS) is 1.50. The number of hydrogen-bond donors (Lipinski definition) is 0. The van der Waals surface area contributed by atoms with Crippen LogP contribution in [0.25, 0.3) is 0 Å². The minimum atomic E-state index is 0. The second kappa shape index (κ2) is 28.8. The fourth-order valence-corrected chi connectivity index (χ4v) is 0. The van der Waals surface area contributed by atoms with Gasteiger partial charge in [-0.1, -0.05) is 0 Å². The van der Waals surface area contributed by atoms with E-state index in [9.17, 15) is 0 Å². The zero-order chi connectivity index (χ0) is 2.00. The van der Waals surface area contributed by atoms with Crippen molar-refractivity contribution < 1.29 is 39.0 Å². The first-order valence-electron chi connectivity index (χ1n) is 0.707. The van der Waals surface area contributed by atoms with Gasteiger partial charge in [0.15, 0.2) is 0 Å². The average molecular weight is 235 g/mol. The molecule has 0 amide bonds. The first kappa shape index (κ1) is 18.7. The zero-order valence-corrected chi connectivity index (χ0v) is 5.65. The van der Waals surface area contributed by atoms with Crippen molar-refractivity contribution in [2.75, 3.05) is 0 Å². The Morgan fingerprint density at radius 3 is 1.00 bits per heavy atom. The molecule has 0 saturated heterocycles. The van der Waals surface area contributed by atoms with E-state index in [1.807, 2.05) is 0 Å². The molecule has 2 radical (unpaired) electrons. The molecule has 0 atom stereocenters. The van der Waals surface area contributed by atoms with Crippen molar-refractivity contribution in [3.63, 3.8) is 0 Å². The first-order chi connectivity index (χ1) is 1.00. The van der Waals surface area contributed by atoms with Gasteiger partial charge in [0.2, 0.25) is 0 Å². The Kier molecular flexibility index (Phi) is 135. The molecular formula is C2H5Rh2-. The van der Waals surface area contributed by atoms with E-state index in [4.69, 9.17) is 0 Å². The Balaban J connectivity index is -0.00000000500. The number of hydrogen-bond acceptors (Lipinski definition) is 0. The van der Waals surface area contributed by atoms with Gasteiger partial charge in [-0.3, -0.25) is 0 Å². The van der Waals surface area contributed by atoms with Crippen molar-refractivity contribution in [2.24, 2.45) is 0 Å². The largest absolute Gasteiger partial charge is 0.346 e. The minimum Gasteiger partial charge on any atom is -0.346 e. The van der Waals surface area contributed by atoms with E-state index in [1.54, 1.807) is 6.92 Å². The molecule has 0 spiro atoms. The van der Waals surface area contributed by atoms with Crippen LogP contribution in [0.15, 0.2) is 0 Å². The summed E-state index contributed by atoms with van der Waals surface area (Å²) in [6, 6.07) is 0. The van der Waals surface area contributed by atoms with Crippen LogP contribution in [0.1, 0.15) is 6.92 Å². The zero-order valence-electron chi connectivity index (χ0n) is 2.37. The molecule has 0 fully saturated rings. The van der Waals surface area contributed by atoms with E-state index in [0.29, 0.717) is 0 Å². The van der Waals surface area contributed by atoms with Crippen molar-refractivity contribution in [1.82, 2.24) is 0 Å². The van der Waals surface area contributed by atoms with E-state index in [1.165, 1.54) is 0 Å². The summed E-state index contributed by atoms with van der Waals surface area (Å²) in [5.41, 5.74) is 0. The van der Waals surface area contributed by atoms with Crippen LogP contribution in [-0.2, 0) is 39.0 Å². The predicted molar refractivity (Wildman–Crippen MR) is 11.0 cm³/mol. The summed E-state index contributed by atoms with van der Waals surface area (Å²) in [6.07, 6.45) is 0. The van der Waals surface area contributed by atoms with E-state index < -0.39 is 0 Å². The molecule has 0 aliphatic carbocycles. The third-order valence-electron chi connectivity index (χ3n) is 0. The van der Waals surface area contributed by atoms with Gasteiger partial charge in [0.05, 0.1) is 0 Å². The van der Waals surface area contributed by atoms with E-state index in [0.717, 1.165) is 0 Å². The summed E-state index contributed by atoms with van der Waals surface area (Å²) in [6.45, 7) is 5.00. The molecule has 0 aromatic heterocycles. The monoisotopic (exact) mass is 235 g/mol. The third kappa shape index (κ3) is 10.5. The van der Waals surface area contributed by atoms with Crippen molar-refractivity contribution in [3.8, 4) is 0 Å². The van der Waals surface area contributed by atoms with Crippen LogP contribution in [0, 0.1) is 6.92 Å². The van der Waals surface area contributed by atoms with E-state index >= 15 is 0 Å². The average Bonchev–Trinajstić information content (AvgIpc) is 1.00. The van der Waals surface area contributed by atoms with Crippen LogP contribution in [-0.4, -0.2) is 0 Å². The minimum absolute atomic E-state index is 0. The van der Waals surface area contributed by atoms with Gasteiger partial charge in [-0.05, 0) is 0 Å². The first-order valence-corrected chi connectivity index (χ1v) is 0.707. The molecule has 0 unspecified atom stereocenters. The molecule has 32 valence electrons. The third-order valence-corrected chi connectivity index (χ3v) is 0. The molecule has 0 aromatic rings. The van der Waals surface area contributed by atoms with Crippen molar-refractivity contribution in [3.05, 3.63) is 6.92 Å². The van der Waals surface area contributed by atoms with Crippen LogP contribution in [0.4, 0.5) is 0 Å². The molecule has 0 heterocycles. The maximum Gasteiger partial charge on any atom is 0 e. The second-order valence-electron chi connectivity index (χ2n) is 0. The van der Waals surface area contributed by atoms with Gasteiger partial charge in [0, 0.05) is 39.0 Å². The molecule has 2 heteroatoms.